The molecule has 0 bridgehead atoms. The summed E-state index contributed by atoms with van der Waals surface area (Å²) in [4.78, 5) is 16.9. The highest BCUT2D eigenvalue weighted by Crippen LogP contribution is 2.26. The number of hydrogen-bond donors (Lipinski definition) is 2. The number of nitrogens with zero attached hydrogens (tertiary/aromatic N) is 2. The lowest BCUT2D eigenvalue weighted by molar-refractivity contribution is -0.117. The molecule has 0 saturated carbocycles. The smallest absolute Gasteiger partial charge is 0.238 e. The maximum Gasteiger partial charge on any atom is 0.238 e. The van der Waals surface area contributed by atoms with Crippen LogP contribution >= 0.6 is 0 Å². The molecule has 0 aromatic heterocycles. The average Bonchev–Trinajstić information content (AvgIpc) is 2.96. The number of anilines is 1. The zero-order chi connectivity index (χ0) is 16.1. The molecule has 1 aromatic carbocycles. The SMILES string of the molecule is CC1(CN2CCN(CC(=O)Nc3ccccc3)CC2)CCNC1. The number of benzene rings is 1. The van der Waals surface area contributed by atoms with E-state index in [9.17, 15) is 4.79 Å². The number of nitrogens with one attached hydrogen (secondary N) is 2. The van der Waals surface area contributed by atoms with E-state index >= 15 is 0 Å². The Morgan fingerprint density at radius 2 is 1.87 bits per heavy atom. The highest BCUT2D eigenvalue weighted by molar-refractivity contribution is 5.92. The van der Waals surface area contributed by atoms with Crippen LogP contribution in [0.15, 0.2) is 30.3 Å². The molecule has 5 heteroatoms. The van der Waals surface area contributed by atoms with E-state index in [0.717, 1.165) is 45.0 Å². The summed E-state index contributed by atoms with van der Waals surface area (Å²) >= 11 is 0. The summed E-state index contributed by atoms with van der Waals surface area (Å²) in [5.74, 6) is 0.0802. The lowest BCUT2D eigenvalue weighted by Gasteiger charge is -2.38. The first kappa shape index (κ1) is 16.4. The second-order valence-corrected chi connectivity index (χ2v) is 7.20. The van der Waals surface area contributed by atoms with Crippen LogP contribution in [0.5, 0.6) is 0 Å². The second-order valence-electron chi connectivity index (χ2n) is 7.20. The molecule has 2 aliphatic heterocycles. The molecule has 0 spiro atoms. The monoisotopic (exact) mass is 316 g/mol. The van der Waals surface area contributed by atoms with Crippen LogP contribution < -0.4 is 10.6 Å². The molecular weight excluding hydrogens is 288 g/mol. The van der Waals surface area contributed by atoms with Crippen molar-refractivity contribution >= 4 is 11.6 Å². The van der Waals surface area contributed by atoms with E-state index in [1.165, 1.54) is 13.0 Å². The number of piperazine rings is 1. The Morgan fingerprint density at radius 1 is 1.17 bits per heavy atom. The fourth-order valence-corrected chi connectivity index (χ4v) is 3.57. The maximum absolute atomic E-state index is 12.1. The van der Waals surface area contributed by atoms with Gasteiger partial charge in [-0.05, 0) is 30.5 Å². The van der Waals surface area contributed by atoms with Gasteiger partial charge in [0.2, 0.25) is 5.91 Å². The summed E-state index contributed by atoms with van der Waals surface area (Å²) in [6.07, 6.45) is 1.27. The molecule has 126 valence electrons. The van der Waals surface area contributed by atoms with E-state index in [4.69, 9.17) is 0 Å². The van der Waals surface area contributed by atoms with E-state index < -0.39 is 0 Å². The van der Waals surface area contributed by atoms with Crippen molar-refractivity contribution in [1.29, 1.82) is 0 Å². The van der Waals surface area contributed by atoms with Crippen LogP contribution in [0.2, 0.25) is 0 Å². The van der Waals surface area contributed by atoms with Crippen molar-refractivity contribution < 1.29 is 4.79 Å². The van der Waals surface area contributed by atoms with E-state index in [0.29, 0.717) is 12.0 Å². The lowest BCUT2D eigenvalue weighted by atomic mass is 9.89. The number of carbonyl (C=O) groups excluding carboxylic acids is 1. The van der Waals surface area contributed by atoms with Crippen molar-refractivity contribution in [2.45, 2.75) is 13.3 Å². The maximum atomic E-state index is 12.1. The van der Waals surface area contributed by atoms with Crippen LogP contribution in [0.4, 0.5) is 5.69 Å². The Kier molecular flexibility index (Phi) is 5.30. The quantitative estimate of drug-likeness (QED) is 0.858. The first-order valence-corrected chi connectivity index (χ1v) is 8.63. The van der Waals surface area contributed by atoms with Crippen molar-refractivity contribution in [2.75, 3.05) is 57.7 Å². The molecule has 2 aliphatic rings. The minimum atomic E-state index is 0.0802. The van der Waals surface area contributed by atoms with E-state index in [-0.39, 0.29) is 5.91 Å². The molecule has 1 atom stereocenters. The fraction of sp³-hybridized carbons (Fsp3) is 0.611. The second kappa shape index (κ2) is 7.43. The highest BCUT2D eigenvalue weighted by atomic mass is 16.2. The third-order valence-electron chi connectivity index (χ3n) is 4.95. The van der Waals surface area contributed by atoms with Gasteiger partial charge < -0.3 is 15.5 Å². The third-order valence-corrected chi connectivity index (χ3v) is 4.95. The molecule has 2 heterocycles. The Morgan fingerprint density at radius 3 is 2.52 bits per heavy atom. The van der Waals surface area contributed by atoms with Crippen molar-refractivity contribution in [3.05, 3.63) is 30.3 Å². The Bertz CT molecular complexity index is 505. The van der Waals surface area contributed by atoms with Gasteiger partial charge in [0.25, 0.3) is 0 Å². The molecule has 5 nitrogen and oxygen atoms in total. The van der Waals surface area contributed by atoms with E-state index in [1.54, 1.807) is 0 Å². The topological polar surface area (TPSA) is 47.6 Å². The molecular formula is C18H28N4O. The first-order valence-electron chi connectivity index (χ1n) is 8.63. The molecule has 2 N–H and O–H groups in total. The lowest BCUT2D eigenvalue weighted by Crippen LogP contribution is -2.51. The highest BCUT2D eigenvalue weighted by Gasteiger charge is 2.31. The van der Waals surface area contributed by atoms with Crippen LogP contribution in [0, 0.1) is 5.41 Å². The summed E-state index contributed by atoms with van der Waals surface area (Å²) in [7, 11) is 0. The van der Waals surface area contributed by atoms with Crippen molar-refractivity contribution in [2.24, 2.45) is 5.41 Å². The number of carbonyl (C=O) groups is 1. The number of rotatable bonds is 5. The van der Waals surface area contributed by atoms with Crippen LogP contribution in [0.1, 0.15) is 13.3 Å². The Hall–Kier alpha value is -1.43. The average molecular weight is 316 g/mol. The summed E-state index contributed by atoms with van der Waals surface area (Å²) in [5.41, 5.74) is 1.30. The summed E-state index contributed by atoms with van der Waals surface area (Å²) in [6, 6.07) is 9.67. The van der Waals surface area contributed by atoms with E-state index in [1.807, 2.05) is 30.3 Å². The molecule has 0 aliphatic carbocycles. The van der Waals surface area contributed by atoms with Crippen LogP contribution in [-0.4, -0.2) is 68.1 Å². The fourth-order valence-electron chi connectivity index (χ4n) is 3.57. The van der Waals surface area contributed by atoms with Crippen LogP contribution in [0.25, 0.3) is 0 Å². The minimum Gasteiger partial charge on any atom is -0.325 e. The zero-order valence-electron chi connectivity index (χ0n) is 14.1. The van der Waals surface area contributed by atoms with Gasteiger partial charge in [0, 0.05) is 45.0 Å². The van der Waals surface area contributed by atoms with Crippen molar-refractivity contribution in [3.63, 3.8) is 0 Å². The van der Waals surface area contributed by atoms with Crippen LogP contribution in [-0.2, 0) is 4.79 Å². The zero-order valence-corrected chi connectivity index (χ0v) is 14.1. The summed E-state index contributed by atoms with van der Waals surface area (Å²) in [5, 5.41) is 6.43. The molecule has 1 amide bonds. The largest absolute Gasteiger partial charge is 0.325 e. The molecule has 2 fully saturated rings. The summed E-state index contributed by atoms with van der Waals surface area (Å²) in [6.45, 7) is 10.4. The van der Waals surface area contributed by atoms with Crippen molar-refractivity contribution in [1.82, 2.24) is 15.1 Å². The number of hydrogen-bond acceptors (Lipinski definition) is 4. The molecule has 23 heavy (non-hydrogen) atoms. The molecule has 1 aromatic rings. The molecule has 2 saturated heterocycles. The standard InChI is InChI=1S/C18H28N4O/c1-18(7-8-19-14-18)15-22-11-9-21(10-12-22)13-17(23)20-16-5-3-2-4-6-16/h2-6,19H,7-15H2,1H3,(H,20,23). The van der Waals surface area contributed by atoms with Gasteiger partial charge in [0.05, 0.1) is 6.54 Å². The predicted octanol–water partition coefficient (Wildman–Crippen LogP) is 1.24. The molecule has 3 rings (SSSR count). The number of amides is 1. The van der Waals surface area contributed by atoms with Gasteiger partial charge in [-0.2, -0.15) is 0 Å². The summed E-state index contributed by atoms with van der Waals surface area (Å²) < 4.78 is 0. The van der Waals surface area contributed by atoms with Gasteiger partial charge in [-0.15, -0.1) is 0 Å². The van der Waals surface area contributed by atoms with Gasteiger partial charge in [-0.1, -0.05) is 25.1 Å². The van der Waals surface area contributed by atoms with Crippen molar-refractivity contribution in [3.8, 4) is 0 Å². The van der Waals surface area contributed by atoms with Gasteiger partial charge >= 0.3 is 0 Å². The van der Waals surface area contributed by atoms with Gasteiger partial charge in [-0.25, -0.2) is 0 Å². The third kappa shape index (κ3) is 4.77. The Labute approximate surface area is 139 Å². The predicted molar refractivity (Wildman–Crippen MR) is 93.5 cm³/mol. The number of para-hydroxylation sites is 1. The molecule has 1 unspecified atom stereocenters. The normalized spacial score (nSPS) is 26.3. The van der Waals surface area contributed by atoms with Crippen LogP contribution in [0.3, 0.4) is 0 Å². The molecule has 0 radical (unpaired) electrons. The van der Waals surface area contributed by atoms with Gasteiger partial charge in [-0.3, -0.25) is 9.69 Å². The Balaban J connectivity index is 1.39. The minimum absolute atomic E-state index is 0.0802. The van der Waals surface area contributed by atoms with Gasteiger partial charge in [0.1, 0.15) is 0 Å². The van der Waals surface area contributed by atoms with Gasteiger partial charge in [0.15, 0.2) is 0 Å². The first-order chi connectivity index (χ1) is 11.1. The van der Waals surface area contributed by atoms with E-state index in [2.05, 4.69) is 27.4 Å².